The Labute approximate surface area is 93.9 Å². The van der Waals surface area contributed by atoms with Gasteiger partial charge in [-0.3, -0.25) is 0 Å². The van der Waals surface area contributed by atoms with Crippen LogP contribution in [0.2, 0.25) is 0 Å². The molecule has 84 valence electrons. The average molecular weight is 205 g/mol. The van der Waals surface area contributed by atoms with E-state index < -0.39 is 0 Å². The number of hydrogen-bond acceptors (Lipinski definition) is 1. The lowest BCUT2D eigenvalue weighted by molar-refractivity contribution is 0.469. The summed E-state index contributed by atoms with van der Waals surface area (Å²) in [6.45, 7) is 11.0. The fourth-order valence-electron chi connectivity index (χ4n) is 1.67. The summed E-state index contributed by atoms with van der Waals surface area (Å²) in [6, 6.07) is 7.75. The molecule has 0 saturated carbocycles. The van der Waals surface area contributed by atoms with Crippen LogP contribution in [0.3, 0.4) is 0 Å². The van der Waals surface area contributed by atoms with Gasteiger partial charge >= 0.3 is 0 Å². The van der Waals surface area contributed by atoms with Crippen molar-refractivity contribution in [3.63, 3.8) is 0 Å². The molecule has 1 aromatic rings. The molecule has 0 aliphatic rings. The van der Waals surface area contributed by atoms with E-state index in [1.165, 1.54) is 23.1 Å². The zero-order chi connectivity index (χ0) is 11.4. The summed E-state index contributed by atoms with van der Waals surface area (Å²) in [5.74, 6) is 0. The van der Waals surface area contributed by atoms with E-state index in [0.717, 1.165) is 0 Å². The SMILES string of the molecule is CC[C@H](C)N[C@@H](C)c1ccc(C)c(C)c1. The van der Waals surface area contributed by atoms with Crippen LogP contribution in [-0.2, 0) is 0 Å². The lowest BCUT2D eigenvalue weighted by atomic mass is 10.0. The molecule has 1 N–H and O–H groups in total. The van der Waals surface area contributed by atoms with Gasteiger partial charge in [0.2, 0.25) is 0 Å². The van der Waals surface area contributed by atoms with Crippen molar-refractivity contribution in [1.29, 1.82) is 0 Å². The van der Waals surface area contributed by atoms with Crippen molar-refractivity contribution >= 4 is 0 Å². The van der Waals surface area contributed by atoms with Gasteiger partial charge in [0.05, 0.1) is 0 Å². The Morgan fingerprint density at radius 2 is 1.80 bits per heavy atom. The zero-order valence-corrected chi connectivity index (χ0v) is 10.6. The first-order chi connectivity index (χ1) is 7.04. The second-order valence-electron chi connectivity index (χ2n) is 4.54. The van der Waals surface area contributed by atoms with E-state index in [-0.39, 0.29) is 0 Å². The Hall–Kier alpha value is -0.820. The predicted octanol–water partition coefficient (Wildman–Crippen LogP) is 3.75. The second-order valence-corrected chi connectivity index (χ2v) is 4.54. The van der Waals surface area contributed by atoms with Crippen molar-refractivity contribution in [2.75, 3.05) is 0 Å². The lowest BCUT2D eigenvalue weighted by Gasteiger charge is -2.20. The summed E-state index contributed by atoms with van der Waals surface area (Å²) in [5.41, 5.74) is 4.14. The van der Waals surface area contributed by atoms with Crippen molar-refractivity contribution in [2.24, 2.45) is 0 Å². The first kappa shape index (κ1) is 12.3. The molecule has 0 bridgehead atoms. The molecule has 1 rings (SSSR count). The standard InChI is InChI=1S/C14H23N/c1-6-12(4)15-13(5)14-8-7-10(2)11(3)9-14/h7-9,12-13,15H,6H2,1-5H3/t12-,13-/m0/s1. The Kier molecular flexibility index (Phi) is 4.34. The van der Waals surface area contributed by atoms with Crippen LogP contribution in [0.5, 0.6) is 0 Å². The van der Waals surface area contributed by atoms with Gasteiger partial charge in [-0.25, -0.2) is 0 Å². The van der Waals surface area contributed by atoms with E-state index in [1.807, 2.05) is 0 Å². The minimum atomic E-state index is 0.444. The molecule has 0 saturated heterocycles. The highest BCUT2D eigenvalue weighted by Gasteiger charge is 2.08. The van der Waals surface area contributed by atoms with Crippen LogP contribution in [0, 0.1) is 13.8 Å². The van der Waals surface area contributed by atoms with Crippen molar-refractivity contribution in [2.45, 2.75) is 53.1 Å². The largest absolute Gasteiger partial charge is 0.308 e. The van der Waals surface area contributed by atoms with Gasteiger partial charge in [-0.2, -0.15) is 0 Å². The Morgan fingerprint density at radius 3 is 2.33 bits per heavy atom. The fraction of sp³-hybridized carbons (Fsp3) is 0.571. The third-order valence-electron chi connectivity index (χ3n) is 3.18. The predicted molar refractivity (Wildman–Crippen MR) is 67.2 cm³/mol. The number of rotatable bonds is 4. The molecule has 0 heterocycles. The molecule has 0 aliphatic heterocycles. The number of nitrogens with one attached hydrogen (secondary N) is 1. The van der Waals surface area contributed by atoms with E-state index in [9.17, 15) is 0 Å². The van der Waals surface area contributed by atoms with E-state index in [1.54, 1.807) is 0 Å². The highest BCUT2D eigenvalue weighted by atomic mass is 14.9. The number of benzene rings is 1. The highest BCUT2D eigenvalue weighted by molar-refractivity contribution is 5.31. The van der Waals surface area contributed by atoms with Crippen LogP contribution in [0.15, 0.2) is 18.2 Å². The van der Waals surface area contributed by atoms with Crippen LogP contribution in [-0.4, -0.2) is 6.04 Å². The molecule has 0 spiro atoms. The number of aryl methyl sites for hydroxylation is 2. The van der Waals surface area contributed by atoms with Gasteiger partial charge in [-0.1, -0.05) is 25.1 Å². The summed E-state index contributed by atoms with van der Waals surface area (Å²) < 4.78 is 0. The molecule has 0 fully saturated rings. The molecule has 1 heteroatoms. The van der Waals surface area contributed by atoms with Crippen LogP contribution < -0.4 is 5.32 Å². The Morgan fingerprint density at radius 1 is 1.13 bits per heavy atom. The van der Waals surface area contributed by atoms with Crippen LogP contribution in [0.4, 0.5) is 0 Å². The van der Waals surface area contributed by atoms with Gasteiger partial charge < -0.3 is 5.32 Å². The van der Waals surface area contributed by atoms with Crippen molar-refractivity contribution < 1.29 is 0 Å². The molecule has 15 heavy (non-hydrogen) atoms. The summed E-state index contributed by atoms with van der Waals surface area (Å²) >= 11 is 0. The first-order valence-electron chi connectivity index (χ1n) is 5.87. The average Bonchev–Trinajstić information content (AvgIpc) is 2.21. The van der Waals surface area contributed by atoms with Crippen molar-refractivity contribution in [1.82, 2.24) is 5.32 Å². The van der Waals surface area contributed by atoms with Gasteiger partial charge in [0.15, 0.2) is 0 Å². The summed E-state index contributed by atoms with van der Waals surface area (Å²) in [6.07, 6.45) is 1.18. The van der Waals surface area contributed by atoms with Gasteiger partial charge in [0, 0.05) is 12.1 Å². The van der Waals surface area contributed by atoms with E-state index in [0.29, 0.717) is 12.1 Å². The molecule has 0 radical (unpaired) electrons. The second kappa shape index (κ2) is 5.32. The van der Waals surface area contributed by atoms with E-state index in [2.05, 4.69) is 58.1 Å². The third-order valence-corrected chi connectivity index (χ3v) is 3.18. The van der Waals surface area contributed by atoms with Gasteiger partial charge in [0.1, 0.15) is 0 Å². The minimum absolute atomic E-state index is 0.444. The van der Waals surface area contributed by atoms with Gasteiger partial charge in [-0.15, -0.1) is 0 Å². The monoisotopic (exact) mass is 205 g/mol. The summed E-state index contributed by atoms with van der Waals surface area (Å²) in [4.78, 5) is 0. The zero-order valence-electron chi connectivity index (χ0n) is 10.6. The highest BCUT2D eigenvalue weighted by Crippen LogP contribution is 2.17. The summed E-state index contributed by atoms with van der Waals surface area (Å²) in [5, 5.41) is 3.59. The van der Waals surface area contributed by atoms with Crippen molar-refractivity contribution in [3.8, 4) is 0 Å². The van der Waals surface area contributed by atoms with Gasteiger partial charge in [0.25, 0.3) is 0 Å². The molecule has 1 aromatic carbocycles. The van der Waals surface area contributed by atoms with Crippen LogP contribution >= 0.6 is 0 Å². The van der Waals surface area contributed by atoms with Crippen molar-refractivity contribution in [3.05, 3.63) is 34.9 Å². The summed E-state index contributed by atoms with van der Waals surface area (Å²) in [7, 11) is 0. The maximum Gasteiger partial charge on any atom is 0.0294 e. The quantitative estimate of drug-likeness (QED) is 0.789. The van der Waals surface area contributed by atoms with Crippen LogP contribution in [0.25, 0.3) is 0 Å². The molecule has 0 amide bonds. The maximum atomic E-state index is 3.59. The Bertz CT molecular complexity index is 317. The molecule has 0 aliphatic carbocycles. The van der Waals surface area contributed by atoms with Gasteiger partial charge in [-0.05, 0) is 50.8 Å². The normalized spacial score (nSPS) is 15.0. The first-order valence-corrected chi connectivity index (χ1v) is 5.87. The molecule has 0 aromatic heterocycles. The lowest BCUT2D eigenvalue weighted by Crippen LogP contribution is -2.28. The fourth-order valence-corrected chi connectivity index (χ4v) is 1.67. The van der Waals surface area contributed by atoms with E-state index in [4.69, 9.17) is 0 Å². The molecule has 2 atom stereocenters. The molecule has 1 nitrogen and oxygen atoms in total. The minimum Gasteiger partial charge on any atom is -0.308 e. The number of hydrogen-bond donors (Lipinski definition) is 1. The molecule has 0 unspecified atom stereocenters. The Balaban J connectivity index is 2.73. The molecular weight excluding hydrogens is 182 g/mol. The third kappa shape index (κ3) is 3.35. The maximum absolute atomic E-state index is 3.59. The smallest absolute Gasteiger partial charge is 0.0294 e. The van der Waals surface area contributed by atoms with Crippen LogP contribution in [0.1, 0.15) is 49.9 Å². The van der Waals surface area contributed by atoms with E-state index >= 15 is 0 Å². The molecular formula is C14H23N. The topological polar surface area (TPSA) is 12.0 Å².